The van der Waals surface area contributed by atoms with Gasteiger partial charge in [0.15, 0.2) is 0 Å². The van der Waals surface area contributed by atoms with Crippen molar-refractivity contribution in [3.63, 3.8) is 0 Å². The molecule has 0 aliphatic carbocycles. The van der Waals surface area contributed by atoms with Gasteiger partial charge in [-0.05, 0) is 45.8 Å². The summed E-state index contributed by atoms with van der Waals surface area (Å²) in [6, 6.07) is 10.3. The lowest BCUT2D eigenvalue weighted by Crippen LogP contribution is -1.90. The third-order valence-electron chi connectivity index (χ3n) is 2.39. The topological polar surface area (TPSA) is 26.0 Å². The van der Waals surface area contributed by atoms with Gasteiger partial charge in [-0.1, -0.05) is 23.7 Å². The van der Waals surface area contributed by atoms with E-state index < -0.39 is 0 Å². The Morgan fingerprint density at radius 3 is 2.83 bits per heavy atom. The van der Waals surface area contributed by atoms with Crippen molar-refractivity contribution >= 4 is 45.0 Å². The van der Waals surface area contributed by atoms with Gasteiger partial charge < -0.3 is 5.73 Å². The number of hydrogen-bond donors (Lipinski definition) is 1. The summed E-state index contributed by atoms with van der Waals surface area (Å²) >= 11 is 10.7. The van der Waals surface area contributed by atoms with E-state index in [0.29, 0.717) is 20.9 Å². The van der Waals surface area contributed by atoms with Gasteiger partial charge >= 0.3 is 0 Å². The van der Waals surface area contributed by atoms with Crippen LogP contribution in [0, 0.1) is 5.82 Å². The molecule has 0 aliphatic rings. The van der Waals surface area contributed by atoms with E-state index in [-0.39, 0.29) is 5.82 Å². The number of rotatable bonds is 3. The number of thioether (sulfide) groups is 1. The maximum absolute atomic E-state index is 13.3. The molecule has 0 saturated carbocycles. The minimum Gasteiger partial charge on any atom is -0.398 e. The predicted molar refractivity (Wildman–Crippen MR) is 79.5 cm³/mol. The fourth-order valence-corrected chi connectivity index (χ4v) is 3.27. The molecule has 0 atom stereocenters. The quantitative estimate of drug-likeness (QED) is 0.617. The van der Waals surface area contributed by atoms with Crippen LogP contribution in [0.4, 0.5) is 10.1 Å². The number of hydrogen-bond acceptors (Lipinski definition) is 2. The zero-order valence-corrected chi connectivity index (χ0v) is 12.4. The Kier molecular flexibility index (Phi) is 4.54. The molecule has 1 nitrogen and oxygen atoms in total. The smallest absolute Gasteiger partial charge is 0.137 e. The van der Waals surface area contributed by atoms with Gasteiger partial charge in [0.25, 0.3) is 0 Å². The zero-order chi connectivity index (χ0) is 13.1. The van der Waals surface area contributed by atoms with Crippen LogP contribution >= 0.6 is 39.3 Å². The van der Waals surface area contributed by atoms with E-state index in [1.165, 1.54) is 17.8 Å². The third kappa shape index (κ3) is 3.19. The first-order chi connectivity index (χ1) is 8.58. The van der Waals surface area contributed by atoms with E-state index in [0.717, 1.165) is 10.5 Å². The summed E-state index contributed by atoms with van der Waals surface area (Å²) < 4.78 is 13.8. The predicted octanol–water partition coefficient (Wildman–Crippen LogP) is 5.12. The van der Waals surface area contributed by atoms with E-state index in [1.807, 2.05) is 12.1 Å². The number of halogens is 3. The van der Waals surface area contributed by atoms with Gasteiger partial charge in [0.1, 0.15) is 5.82 Å². The number of nitrogen functional groups attached to an aromatic ring is 1. The van der Waals surface area contributed by atoms with E-state index in [4.69, 9.17) is 17.3 Å². The van der Waals surface area contributed by atoms with Gasteiger partial charge in [0.2, 0.25) is 0 Å². The first-order valence-corrected chi connectivity index (χ1v) is 7.34. The third-order valence-corrected chi connectivity index (χ3v) is 4.63. The second kappa shape index (κ2) is 5.95. The summed E-state index contributed by atoms with van der Waals surface area (Å²) in [5.74, 6) is 0.371. The van der Waals surface area contributed by atoms with Crippen LogP contribution in [0.25, 0.3) is 0 Å². The molecule has 94 valence electrons. The van der Waals surface area contributed by atoms with Crippen molar-refractivity contribution < 1.29 is 4.39 Å². The Bertz CT molecular complexity index is 575. The van der Waals surface area contributed by atoms with Crippen molar-refractivity contribution in [3.05, 3.63) is 57.3 Å². The molecule has 0 saturated heterocycles. The van der Waals surface area contributed by atoms with Crippen LogP contribution in [0.15, 0.2) is 45.8 Å². The summed E-state index contributed by atoms with van der Waals surface area (Å²) in [6.07, 6.45) is 0. The fraction of sp³-hybridized carbons (Fsp3) is 0.0769. The molecule has 0 aromatic heterocycles. The summed E-state index contributed by atoms with van der Waals surface area (Å²) in [4.78, 5) is 0.902. The van der Waals surface area contributed by atoms with E-state index in [2.05, 4.69) is 15.9 Å². The van der Waals surface area contributed by atoms with Crippen LogP contribution in [0.5, 0.6) is 0 Å². The molecule has 0 heterocycles. The minimum atomic E-state index is -0.257. The molecule has 2 N–H and O–H groups in total. The summed E-state index contributed by atoms with van der Waals surface area (Å²) in [6.45, 7) is 0. The van der Waals surface area contributed by atoms with Crippen LogP contribution in [0.1, 0.15) is 5.56 Å². The molecule has 0 aliphatic heterocycles. The molecule has 2 aromatic carbocycles. The lowest BCUT2D eigenvalue weighted by molar-refractivity contribution is 0.619. The highest BCUT2D eigenvalue weighted by atomic mass is 79.9. The molecule has 0 spiro atoms. The number of benzene rings is 2. The van der Waals surface area contributed by atoms with Crippen molar-refractivity contribution in [2.45, 2.75) is 10.6 Å². The van der Waals surface area contributed by atoms with Crippen molar-refractivity contribution in [1.29, 1.82) is 0 Å². The average molecular weight is 347 g/mol. The molecule has 0 radical (unpaired) electrons. The molecule has 0 amide bonds. The average Bonchev–Trinajstić information content (AvgIpc) is 2.35. The molecular formula is C13H10BrClFNS. The molecule has 5 heteroatoms. The van der Waals surface area contributed by atoms with E-state index >= 15 is 0 Å². The summed E-state index contributed by atoms with van der Waals surface area (Å²) in [7, 11) is 0. The lowest BCUT2D eigenvalue weighted by atomic mass is 10.2. The van der Waals surface area contributed by atoms with Gasteiger partial charge in [0, 0.05) is 21.4 Å². The molecule has 0 fully saturated rings. The highest BCUT2D eigenvalue weighted by Crippen LogP contribution is 2.33. The van der Waals surface area contributed by atoms with Gasteiger partial charge in [0.05, 0.1) is 4.47 Å². The second-order valence-corrected chi connectivity index (χ2v) is 5.93. The van der Waals surface area contributed by atoms with Crippen molar-refractivity contribution in [2.24, 2.45) is 0 Å². The Morgan fingerprint density at radius 2 is 2.06 bits per heavy atom. The molecule has 2 rings (SSSR count). The fourth-order valence-electron chi connectivity index (χ4n) is 1.45. The van der Waals surface area contributed by atoms with Crippen molar-refractivity contribution in [3.8, 4) is 0 Å². The standard InChI is InChI=1S/C13H10BrClFNS/c14-13-8(2-1-3-10(13)16)7-18-12-6-9(15)4-5-11(12)17/h1-6H,7,17H2. The van der Waals surface area contributed by atoms with Crippen LogP contribution in [0.2, 0.25) is 5.02 Å². The lowest BCUT2D eigenvalue weighted by Gasteiger charge is -2.08. The maximum Gasteiger partial charge on any atom is 0.137 e. The molecule has 18 heavy (non-hydrogen) atoms. The highest BCUT2D eigenvalue weighted by Gasteiger charge is 2.07. The molecular weight excluding hydrogens is 337 g/mol. The van der Waals surface area contributed by atoms with E-state index in [9.17, 15) is 4.39 Å². The first kappa shape index (κ1) is 13.7. The molecule has 0 bridgehead atoms. The van der Waals surface area contributed by atoms with Crippen LogP contribution in [-0.2, 0) is 5.75 Å². The van der Waals surface area contributed by atoms with Gasteiger partial charge in [-0.2, -0.15) is 0 Å². The number of anilines is 1. The van der Waals surface area contributed by atoms with Crippen LogP contribution in [0.3, 0.4) is 0 Å². The largest absolute Gasteiger partial charge is 0.398 e. The second-order valence-electron chi connectivity index (χ2n) is 3.68. The molecule has 0 unspecified atom stereocenters. The van der Waals surface area contributed by atoms with E-state index in [1.54, 1.807) is 18.2 Å². The van der Waals surface area contributed by atoms with Gasteiger partial charge in [-0.15, -0.1) is 11.8 Å². The Labute approximate surface area is 123 Å². The van der Waals surface area contributed by atoms with Gasteiger partial charge in [-0.3, -0.25) is 0 Å². The van der Waals surface area contributed by atoms with Crippen LogP contribution in [-0.4, -0.2) is 0 Å². The summed E-state index contributed by atoms with van der Waals surface area (Å²) in [5, 5.41) is 0.644. The Balaban J connectivity index is 2.16. The number of nitrogens with two attached hydrogens (primary N) is 1. The molecule has 2 aromatic rings. The monoisotopic (exact) mass is 345 g/mol. The van der Waals surface area contributed by atoms with Crippen molar-refractivity contribution in [1.82, 2.24) is 0 Å². The zero-order valence-electron chi connectivity index (χ0n) is 9.29. The summed E-state index contributed by atoms with van der Waals surface area (Å²) in [5.41, 5.74) is 7.42. The highest BCUT2D eigenvalue weighted by molar-refractivity contribution is 9.10. The van der Waals surface area contributed by atoms with Crippen molar-refractivity contribution in [2.75, 3.05) is 5.73 Å². The normalized spacial score (nSPS) is 10.6. The first-order valence-electron chi connectivity index (χ1n) is 5.18. The maximum atomic E-state index is 13.3. The Hall–Kier alpha value is -0.710. The van der Waals surface area contributed by atoms with Crippen LogP contribution < -0.4 is 5.73 Å². The minimum absolute atomic E-state index is 0.257. The SMILES string of the molecule is Nc1ccc(Cl)cc1SCc1cccc(F)c1Br. The van der Waals surface area contributed by atoms with Gasteiger partial charge in [-0.25, -0.2) is 4.39 Å². The Morgan fingerprint density at radius 1 is 1.28 bits per heavy atom.